The highest BCUT2D eigenvalue weighted by Gasteiger charge is 2.32. The van der Waals surface area contributed by atoms with Crippen LogP contribution in [0.3, 0.4) is 0 Å². The number of Topliss-reactive ketones (excluding diaryl/α,β-unsaturated/α-hetero) is 1. The molecule has 3 atom stereocenters. The molecule has 1 aliphatic carbocycles. The summed E-state index contributed by atoms with van der Waals surface area (Å²) in [5.74, 6) is -3.05. The normalized spacial score (nSPS) is 14.0. The topological polar surface area (TPSA) is 149 Å². The lowest BCUT2D eigenvalue weighted by molar-refractivity contribution is -0.140. The molecule has 0 unspecified atom stereocenters. The standard InChI is InChI=1S/C39H43N5O5/c1-4-5-18-33(35(45)39(49)41-22-26-13-7-6-8-14-26)43-38(48)34(21-28-23-40-32-19-12-11-17-30(28)32)44-36(46)25(3)42-37(47)31-20-27-15-9-10-16-29(27)24(31)2/h6-17,19,23,25,33-34,40H,4-5,18,20-22H2,1-3H3,(H,41,49)(H,42,47)(H,43,48)(H,44,46)/t25-,33-,34-/m0/s1. The Hall–Kier alpha value is -5.51. The molecule has 0 saturated carbocycles. The van der Waals surface area contributed by atoms with Gasteiger partial charge in [0.25, 0.3) is 5.91 Å². The number of aromatic amines is 1. The van der Waals surface area contributed by atoms with Crippen LogP contribution in [0.2, 0.25) is 0 Å². The first-order chi connectivity index (χ1) is 23.7. The molecule has 10 heteroatoms. The van der Waals surface area contributed by atoms with Gasteiger partial charge in [0.05, 0.1) is 6.04 Å². The molecular weight excluding hydrogens is 618 g/mol. The van der Waals surface area contributed by atoms with Crippen molar-refractivity contribution in [1.29, 1.82) is 0 Å². The first-order valence-electron chi connectivity index (χ1n) is 16.8. The lowest BCUT2D eigenvalue weighted by Gasteiger charge is -2.24. The largest absolute Gasteiger partial charge is 0.361 e. The van der Waals surface area contributed by atoms with Gasteiger partial charge in [-0.15, -0.1) is 0 Å². The maximum atomic E-state index is 13.9. The third kappa shape index (κ3) is 8.51. The number of fused-ring (bicyclic) bond motifs is 2. The van der Waals surface area contributed by atoms with Crippen molar-refractivity contribution in [2.75, 3.05) is 0 Å². The van der Waals surface area contributed by atoms with Gasteiger partial charge in [0.15, 0.2) is 0 Å². The van der Waals surface area contributed by atoms with Gasteiger partial charge in [-0.05, 0) is 54.2 Å². The van der Waals surface area contributed by atoms with Crippen molar-refractivity contribution in [2.45, 2.75) is 77.5 Å². The van der Waals surface area contributed by atoms with E-state index in [1.54, 1.807) is 13.1 Å². The molecule has 0 bridgehead atoms. The number of nitrogens with one attached hydrogen (secondary N) is 5. The summed E-state index contributed by atoms with van der Waals surface area (Å²) in [6, 6.07) is 21.5. The summed E-state index contributed by atoms with van der Waals surface area (Å²) < 4.78 is 0. The minimum Gasteiger partial charge on any atom is -0.361 e. The molecule has 4 amide bonds. The smallest absolute Gasteiger partial charge is 0.289 e. The monoisotopic (exact) mass is 661 g/mol. The summed E-state index contributed by atoms with van der Waals surface area (Å²) in [6.45, 7) is 5.59. The Balaban J connectivity index is 1.30. The third-order valence-electron chi connectivity index (χ3n) is 8.99. The highest BCUT2D eigenvalue weighted by atomic mass is 16.2. The Morgan fingerprint density at radius 2 is 1.51 bits per heavy atom. The van der Waals surface area contributed by atoms with Crippen molar-refractivity contribution < 1.29 is 24.0 Å². The number of unbranched alkanes of at least 4 members (excludes halogenated alkanes) is 1. The summed E-state index contributed by atoms with van der Waals surface area (Å²) in [5, 5.41) is 11.9. The van der Waals surface area contributed by atoms with E-state index >= 15 is 0 Å². The Morgan fingerprint density at radius 3 is 2.27 bits per heavy atom. The molecule has 254 valence electrons. The van der Waals surface area contributed by atoms with Gasteiger partial charge in [0.1, 0.15) is 12.1 Å². The van der Waals surface area contributed by atoms with Crippen molar-refractivity contribution in [3.63, 3.8) is 0 Å². The van der Waals surface area contributed by atoms with Gasteiger partial charge in [-0.1, -0.05) is 92.6 Å². The summed E-state index contributed by atoms with van der Waals surface area (Å²) in [4.78, 5) is 70.2. The van der Waals surface area contributed by atoms with Gasteiger partial charge in [0.2, 0.25) is 23.5 Å². The predicted molar refractivity (Wildman–Crippen MR) is 189 cm³/mol. The molecule has 4 aromatic rings. The lowest BCUT2D eigenvalue weighted by atomic mass is 10.0. The number of rotatable bonds is 15. The molecule has 49 heavy (non-hydrogen) atoms. The fourth-order valence-electron chi connectivity index (χ4n) is 6.13. The molecule has 1 aromatic heterocycles. The average Bonchev–Trinajstić information content (AvgIpc) is 3.69. The second kappa shape index (κ2) is 16.1. The summed E-state index contributed by atoms with van der Waals surface area (Å²) in [7, 11) is 0. The van der Waals surface area contributed by atoms with E-state index < -0.39 is 41.6 Å². The Morgan fingerprint density at radius 1 is 0.816 bits per heavy atom. The van der Waals surface area contributed by atoms with Crippen molar-refractivity contribution >= 4 is 45.9 Å². The predicted octanol–water partition coefficient (Wildman–Crippen LogP) is 4.29. The van der Waals surface area contributed by atoms with Crippen LogP contribution in [0.1, 0.15) is 62.3 Å². The number of H-pyrrole nitrogens is 1. The molecule has 5 N–H and O–H groups in total. The highest BCUT2D eigenvalue weighted by molar-refractivity contribution is 6.38. The summed E-state index contributed by atoms with van der Waals surface area (Å²) >= 11 is 0. The number of para-hydroxylation sites is 1. The molecule has 3 aromatic carbocycles. The molecule has 0 fully saturated rings. The van der Waals surface area contributed by atoms with E-state index in [0.29, 0.717) is 18.4 Å². The number of carbonyl (C=O) groups excluding carboxylic acids is 5. The van der Waals surface area contributed by atoms with E-state index in [1.807, 2.05) is 92.7 Å². The van der Waals surface area contributed by atoms with Gasteiger partial charge in [-0.3, -0.25) is 24.0 Å². The Bertz CT molecular complexity index is 1880. The van der Waals surface area contributed by atoms with Crippen LogP contribution < -0.4 is 21.3 Å². The number of amides is 4. The first-order valence-corrected chi connectivity index (χ1v) is 16.8. The second-order valence-electron chi connectivity index (χ2n) is 12.5. The van der Waals surface area contributed by atoms with E-state index in [1.165, 1.54) is 0 Å². The van der Waals surface area contributed by atoms with Crippen molar-refractivity contribution in [2.24, 2.45) is 0 Å². The number of hydrogen-bond donors (Lipinski definition) is 5. The van der Waals surface area contributed by atoms with Gasteiger partial charge in [0, 0.05) is 42.1 Å². The molecule has 0 aliphatic heterocycles. The Kier molecular flexibility index (Phi) is 11.4. The lowest BCUT2D eigenvalue weighted by Crippen LogP contribution is -2.57. The van der Waals surface area contributed by atoms with Crippen LogP contribution in [0.4, 0.5) is 0 Å². The average molecular weight is 662 g/mol. The van der Waals surface area contributed by atoms with E-state index in [-0.39, 0.29) is 25.3 Å². The zero-order chi connectivity index (χ0) is 34.9. The van der Waals surface area contributed by atoms with Gasteiger partial charge in [-0.2, -0.15) is 0 Å². The quantitative estimate of drug-likeness (QED) is 0.121. The van der Waals surface area contributed by atoms with Crippen molar-refractivity contribution in [3.8, 4) is 0 Å². The molecule has 0 spiro atoms. The second-order valence-corrected chi connectivity index (χ2v) is 12.5. The van der Waals surface area contributed by atoms with Crippen LogP contribution in [0, 0.1) is 0 Å². The molecule has 5 rings (SSSR count). The van der Waals surface area contributed by atoms with Crippen LogP contribution in [0.5, 0.6) is 0 Å². The molecule has 10 nitrogen and oxygen atoms in total. The first kappa shape index (κ1) is 34.8. The molecule has 1 aliphatic rings. The van der Waals surface area contributed by atoms with Crippen LogP contribution >= 0.6 is 0 Å². The fourth-order valence-corrected chi connectivity index (χ4v) is 6.13. The number of hydrogen-bond acceptors (Lipinski definition) is 5. The summed E-state index contributed by atoms with van der Waals surface area (Å²) in [5.41, 5.74) is 6.03. The zero-order valence-corrected chi connectivity index (χ0v) is 28.1. The van der Waals surface area contributed by atoms with E-state index in [0.717, 1.165) is 45.2 Å². The van der Waals surface area contributed by atoms with Crippen molar-refractivity contribution in [1.82, 2.24) is 26.3 Å². The minimum absolute atomic E-state index is 0.108. The van der Waals surface area contributed by atoms with Crippen LogP contribution in [-0.4, -0.2) is 52.5 Å². The van der Waals surface area contributed by atoms with Crippen molar-refractivity contribution in [3.05, 3.63) is 113 Å². The van der Waals surface area contributed by atoms with Crippen LogP contribution in [0.25, 0.3) is 16.5 Å². The van der Waals surface area contributed by atoms with Gasteiger partial charge in [-0.25, -0.2) is 0 Å². The SMILES string of the molecule is CCCC[C@H](NC(=O)[C@H](Cc1c[nH]c2ccccc12)NC(=O)[C@H](C)NC(=O)C1=C(C)c2ccccc2C1)C(=O)C(=O)NCc1ccccc1. The number of carbonyl (C=O) groups is 5. The van der Waals surface area contributed by atoms with Gasteiger partial charge < -0.3 is 26.3 Å². The minimum atomic E-state index is -1.10. The molecular formula is C39H43N5O5. The number of ketones is 1. The summed E-state index contributed by atoms with van der Waals surface area (Å²) in [6.07, 6.45) is 3.98. The highest BCUT2D eigenvalue weighted by Crippen LogP contribution is 2.32. The molecule has 0 saturated heterocycles. The van der Waals surface area contributed by atoms with E-state index in [9.17, 15) is 24.0 Å². The Labute approximate surface area is 286 Å². The maximum Gasteiger partial charge on any atom is 0.289 e. The fraction of sp³-hybridized carbons (Fsp3) is 0.308. The number of allylic oxidation sites excluding steroid dienone is 1. The zero-order valence-electron chi connectivity index (χ0n) is 28.1. The molecule has 0 radical (unpaired) electrons. The van der Waals surface area contributed by atoms with Gasteiger partial charge >= 0.3 is 0 Å². The molecule has 1 heterocycles. The third-order valence-corrected chi connectivity index (χ3v) is 8.99. The van der Waals surface area contributed by atoms with Crippen LogP contribution in [-0.2, 0) is 43.4 Å². The number of aromatic nitrogens is 1. The van der Waals surface area contributed by atoms with E-state index in [2.05, 4.69) is 26.3 Å². The van der Waals surface area contributed by atoms with E-state index in [4.69, 9.17) is 0 Å². The van der Waals surface area contributed by atoms with Crippen LogP contribution in [0.15, 0.2) is 90.6 Å². The number of benzene rings is 3. The maximum absolute atomic E-state index is 13.9.